The topological polar surface area (TPSA) is 89.9 Å². The second-order valence-corrected chi connectivity index (χ2v) is 7.32. The van der Waals surface area contributed by atoms with Crippen LogP contribution in [0.5, 0.6) is 0 Å². The highest BCUT2D eigenvalue weighted by atomic mass is 32.1. The van der Waals surface area contributed by atoms with Crippen molar-refractivity contribution in [3.63, 3.8) is 0 Å². The molecule has 0 saturated carbocycles. The molecule has 1 aliphatic rings. The number of nitrogens with zero attached hydrogens (tertiary/aromatic N) is 2. The van der Waals surface area contributed by atoms with E-state index in [1.807, 2.05) is 24.3 Å². The summed E-state index contributed by atoms with van der Waals surface area (Å²) < 4.78 is 11.8. The summed E-state index contributed by atoms with van der Waals surface area (Å²) in [6, 6.07) is 7.49. The Hall–Kier alpha value is -2.65. The van der Waals surface area contributed by atoms with Crippen LogP contribution in [0.4, 0.5) is 11.4 Å². The first-order chi connectivity index (χ1) is 13.4. The average molecular weight is 405 g/mol. The summed E-state index contributed by atoms with van der Waals surface area (Å²) in [5, 5.41) is 4.41. The molecule has 2 aromatic rings. The maximum atomic E-state index is 12.3. The number of morpholine rings is 1. The van der Waals surface area contributed by atoms with E-state index < -0.39 is 18.0 Å². The molecule has 1 aliphatic heterocycles. The van der Waals surface area contributed by atoms with E-state index in [2.05, 4.69) is 10.2 Å². The van der Waals surface area contributed by atoms with E-state index in [9.17, 15) is 14.4 Å². The van der Waals surface area contributed by atoms with Crippen LogP contribution in [0.3, 0.4) is 0 Å². The first kappa shape index (κ1) is 20.1. The molecule has 150 valence electrons. The first-order valence-electron chi connectivity index (χ1n) is 9.02. The van der Waals surface area contributed by atoms with Crippen LogP contribution in [0.2, 0.25) is 0 Å². The summed E-state index contributed by atoms with van der Waals surface area (Å²) in [7, 11) is 0. The lowest BCUT2D eigenvalue weighted by Gasteiger charge is -2.28. The molecular weight excluding hydrogens is 382 g/mol. The molecule has 2 heterocycles. The predicted octanol–water partition coefficient (Wildman–Crippen LogP) is 1.63. The lowest BCUT2D eigenvalue weighted by molar-refractivity contribution is -0.153. The average Bonchev–Trinajstić information content (AvgIpc) is 3.01. The Kier molecular flexibility index (Phi) is 6.48. The van der Waals surface area contributed by atoms with Gasteiger partial charge in [-0.1, -0.05) is 11.3 Å². The molecule has 0 unspecified atom stereocenters. The van der Waals surface area contributed by atoms with Crippen molar-refractivity contribution in [2.45, 2.75) is 26.5 Å². The molecule has 1 aromatic heterocycles. The minimum Gasteiger partial charge on any atom is -0.451 e. The molecular formula is C19H23N3O5S. The van der Waals surface area contributed by atoms with E-state index in [-0.39, 0.29) is 11.4 Å². The van der Waals surface area contributed by atoms with Crippen molar-refractivity contribution >= 4 is 34.6 Å². The highest BCUT2D eigenvalue weighted by Crippen LogP contribution is 2.19. The van der Waals surface area contributed by atoms with Gasteiger partial charge in [-0.25, -0.2) is 0 Å². The van der Waals surface area contributed by atoms with Gasteiger partial charge in [-0.3, -0.25) is 19.0 Å². The van der Waals surface area contributed by atoms with Crippen molar-refractivity contribution in [1.29, 1.82) is 0 Å². The summed E-state index contributed by atoms with van der Waals surface area (Å²) in [4.78, 5) is 38.0. The minimum atomic E-state index is -0.971. The Balaban J connectivity index is 1.52. The van der Waals surface area contributed by atoms with Crippen molar-refractivity contribution in [2.75, 3.05) is 36.5 Å². The van der Waals surface area contributed by atoms with Gasteiger partial charge in [0.1, 0.15) is 6.54 Å². The number of hydrogen-bond acceptors (Lipinski definition) is 7. The number of amides is 1. The van der Waals surface area contributed by atoms with Crippen LogP contribution in [-0.2, 0) is 25.6 Å². The summed E-state index contributed by atoms with van der Waals surface area (Å²) in [5.41, 5.74) is 2.37. The smallest absolute Gasteiger partial charge is 0.326 e. The first-order valence-corrected chi connectivity index (χ1v) is 9.90. The molecule has 1 aromatic carbocycles. The lowest BCUT2D eigenvalue weighted by Crippen LogP contribution is -2.36. The zero-order valence-electron chi connectivity index (χ0n) is 15.8. The van der Waals surface area contributed by atoms with Gasteiger partial charge in [-0.15, -0.1) is 0 Å². The Labute approximate surface area is 166 Å². The molecule has 1 N–H and O–H groups in total. The number of rotatable bonds is 6. The van der Waals surface area contributed by atoms with Gasteiger partial charge >= 0.3 is 10.8 Å². The van der Waals surface area contributed by atoms with E-state index >= 15 is 0 Å². The highest BCUT2D eigenvalue weighted by molar-refractivity contribution is 7.07. The van der Waals surface area contributed by atoms with Gasteiger partial charge < -0.3 is 19.7 Å². The van der Waals surface area contributed by atoms with E-state index in [4.69, 9.17) is 9.47 Å². The molecule has 0 aliphatic carbocycles. The van der Waals surface area contributed by atoms with Crippen LogP contribution in [-0.4, -0.2) is 48.9 Å². The second kappa shape index (κ2) is 9.03. The third-order valence-corrected chi connectivity index (χ3v) is 5.33. The van der Waals surface area contributed by atoms with Crippen LogP contribution in [0, 0.1) is 6.92 Å². The second-order valence-electron chi connectivity index (χ2n) is 6.50. The number of ether oxygens (including phenoxy) is 2. The number of anilines is 2. The van der Waals surface area contributed by atoms with Gasteiger partial charge in [-0.2, -0.15) is 0 Å². The van der Waals surface area contributed by atoms with Crippen molar-refractivity contribution in [3.05, 3.63) is 45.0 Å². The molecule has 8 nitrogen and oxygen atoms in total. The highest BCUT2D eigenvalue weighted by Gasteiger charge is 2.19. The number of nitrogens with one attached hydrogen (secondary N) is 1. The number of aryl methyl sites for hydroxylation is 1. The largest absolute Gasteiger partial charge is 0.451 e. The van der Waals surface area contributed by atoms with E-state index in [0.29, 0.717) is 24.6 Å². The van der Waals surface area contributed by atoms with Crippen LogP contribution < -0.4 is 15.1 Å². The molecule has 1 atom stereocenters. The predicted molar refractivity (Wildman–Crippen MR) is 107 cm³/mol. The Bertz CT molecular complexity index is 884. The van der Waals surface area contributed by atoms with Gasteiger partial charge in [-0.05, 0) is 38.1 Å². The SMILES string of the molecule is Cc1csc(=O)n1CC(=O)O[C@@H](C)C(=O)Nc1ccc(N2CCOCC2)cc1. The Morgan fingerprint density at radius 3 is 2.54 bits per heavy atom. The van der Waals surface area contributed by atoms with Gasteiger partial charge in [0, 0.05) is 35.5 Å². The fraction of sp³-hybridized carbons (Fsp3) is 0.421. The van der Waals surface area contributed by atoms with Crippen molar-refractivity contribution < 1.29 is 19.1 Å². The third-order valence-electron chi connectivity index (χ3n) is 4.45. The standard InChI is InChI=1S/C19H23N3O5S/c1-13-12-28-19(25)22(13)11-17(23)27-14(2)18(24)20-15-3-5-16(6-4-15)21-7-9-26-10-8-21/h3-6,12,14H,7-11H2,1-2H3,(H,20,24)/t14-/m0/s1. The van der Waals surface area contributed by atoms with Gasteiger partial charge in [0.2, 0.25) is 0 Å². The van der Waals surface area contributed by atoms with Crippen LogP contribution in [0.25, 0.3) is 0 Å². The van der Waals surface area contributed by atoms with Crippen molar-refractivity contribution in [1.82, 2.24) is 4.57 Å². The number of carbonyl (C=O) groups is 2. The summed E-state index contributed by atoms with van der Waals surface area (Å²) in [5.74, 6) is -1.06. The van der Waals surface area contributed by atoms with Crippen molar-refractivity contribution in [2.24, 2.45) is 0 Å². The quantitative estimate of drug-likeness (QED) is 0.735. The molecule has 0 bridgehead atoms. The van der Waals surface area contributed by atoms with Gasteiger partial charge in [0.15, 0.2) is 6.10 Å². The maximum Gasteiger partial charge on any atom is 0.326 e. The van der Waals surface area contributed by atoms with Crippen LogP contribution >= 0.6 is 11.3 Å². The van der Waals surface area contributed by atoms with E-state index in [0.717, 1.165) is 30.1 Å². The van der Waals surface area contributed by atoms with Gasteiger partial charge in [0.25, 0.3) is 5.91 Å². The van der Waals surface area contributed by atoms with Gasteiger partial charge in [0.05, 0.1) is 13.2 Å². The summed E-state index contributed by atoms with van der Waals surface area (Å²) in [6.45, 7) is 6.12. The third kappa shape index (κ3) is 4.99. The molecule has 1 fully saturated rings. The Morgan fingerprint density at radius 1 is 1.25 bits per heavy atom. The number of hydrogen-bond donors (Lipinski definition) is 1. The summed E-state index contributed by atoms with van der Waals surface area (Å²) in [6.07, 6.45) is -0.971. The van der Waals surface area contributed by atoms with Crippen LogP contribution in [0.1, 0.15) is 12.6 Å². The number of benzene rings is 1. The number of esters is 1. The zero-order chi connectivity index (χ0) is 20.1. The number of carbonyl (C=O) groups excluding carboxylic acids is 2. The Morgan fingerprint density at radius 2 is 1.93 bits per heavy atom. The summed E-state index contributed by atoms with van der Waals surface area (Å²) >= 11 is 1.02. The maximum absolute atomic E-state index is 12.3. The minimum absolute atomic E-state index is 0.208. The van der Waals surface area contributed by atoms with Crippen molar-refractivity contribution in [3.8, 4) is 0 Å². The molecule has 0 spiro atoms. The number of aromatic nitrogens is 1. The normalized spacial score (nSPS) is 15.1. The zero-order valence-corrected chi connectivity index (χ0v) is 16.7. The monoisotopic (exact) mass is 405 g/mol. The van der Waals surface area contributed by atoms with E-state index in [1.165, 1.54) is 11.5 Å². The molecule has 28 heavy (non-hydrogen) atoms. The fourth-order valence-corrected chi connectivity index (χ4v) is 3.57. The molecule has 3 rings (SSSR count). The molecule has 1 saturated heterocycles. The van der Waals surface area contributed by atoms with E-state index in [1.54, 1.807) is 12.3 Å². The number of thiazole rings is 1. The fourth-order valence-electron chi connectivity index (χ4n) is 2.83. The lowest BCUT2D eigenvalue weighted by atomic mass is 10.2. The molecule has 9 heteroatoms. The molecule has 1 amide bonds. The van der Waals surface area contributed by atoms with Crippen LogP contribution in [0.15, 0.2) is 34.4 Å². The molecule has 0 radical (unpaired) electrons.